The molecular weight excluding hydrogens is 204 g/mol. The Labute approximate surface area is 96.0 Å². The average Bonchev–Trinajstić information content (AvgIpc) is 2.74. The Morgan fingerprint density at radius 2 is 2.00 bits per heavy atom. The van der Waals surface area contributed by atoms with Crippen LogP contribution in [0.5, 0.6) is 11.5 Å². The summed E-state index contributed by atoms with van der Waals surface area (Å²) in [4.78, 5) is 0. The van der Waals surface area contributed by atoms with Gasteiger partial charge in [-0.3, -0.25) is 0 Å². The largest absolute Gasteiger partial charge is 0.454 e. The number of aliphatic hydroxyl groups excluding tert-OH is 1. The van der Waals surface area contributed by atoms with Crippen LogP contribution < -0.4 is 9.47 Å². The van der Waals surface area contributed by atoms with Crippen LogP contribution in [0.1, 0.15) is 38.9 Å². The Bertz CT molecular complexity index is 385. The van der Waals surface area contributed by atoms with Crippen LogP contribution in [0, 0.1) is 5.41 Å². The molecule has 1 atom stereocenters. The molecule has 0 aromatic heterocycles. The molecule has 1 aliphatic rings. The summed E-state index contributed by atoms with van der Waals surface area (Å²) in [6, 6.07) is 5.62. The molecule has 1 aliphatic heterocycles. The van der Waals surface area contributed by atoms with E-state index in [2.05, 4.69) is 20.8 Å². The third-order valence-electron chi connectivity index (χ3n) is 3.36. The zero-order valence-electron chi connectivity index (χ0n) is 9.99. The minimum absolute atomic E-state index is 0.131. The van der Waals surface area contributed by atoms with Crippen LogP contribution in [-0.4, -0.2) is 11.9 Å². The molecule has 0 saturated carbocycles. The second-order valence-corrected chi connectivity index (χ2v) is 4.86. The topological polar surface area (TPSA) is 38.7 Å². The Morgan fingerprint density at radius 1 is 1.31 bits per heavy atom. The minimum atomic E-state index is -0.480. The van der Waals surface area contributed by atoms with Crippen LogP contribution in [0.2, 0.25) is 0 Å². The summed E-state index contributed by atoms with van der Waals surface area (Å²) in [5.41, 5.74) is 0.754. The van der Waals surface area contributed by atoms with Crippen LogP contribution in [0.3, 0.4) is 0 Å². The molecular formula is C13H18O3. The monoisotopic (exact) mass is 222 g/mol. The number of fused-ring (bicyclic) bond motifs is 1. The Balaban J connectivity index is 2.28. The predicted molar refractivity (Wildman–Crippen MR) is 61.6 cm³/mol. The van der Waals surface area contributed by atoms with E-state index >= 15 is 0 Å². The van der Waals surface area contributed by atoms with Crippen molar-refractivity contribution in [2.45, 2.75) is 33.3 Å². The first-order valence-corrected chi connectivity index (χ1v) is 5.62. The van der Waals surface area contributed by atoms with E-state index in [0.29, 0.717) is 0 Å². The zero-order chi connectivity index (χ0) is 11.8. The van der Waals surface area contributed by atoms with Crippen LogP contribution in [0.15, 0.2) is 18.2 Å². The molecule has 0 amide bonds. The van der Waals surface area contributed by atoms with Gasteiger partial charge >= 0.3 is 0 Å². The molecule has 3 heteroatoms. The van der Waals surface area contributed by atoms with Crippen molar-refractivity contribution in [3.05, 3.63) is 23.8 Å². The van der Waals surface area contributed by atoms with Crippen molar-refractivity contribution in [1.29, 1.82) is 0 Å². The molecule has 0 spiro atoms. The maximum atomic E-state index is 10.3. The number of hydrogen-bond acceptors (Lipinski definition) is 3. The van der Waals surface area contributed by atoms with Crippen molar-refractivity contribution < 1.29 is 14.6 Å². The molecule has 1 heterocycles. The van der Waals surface area contributed by atoms with E-state index < -0.39 is 6.10 Å². The maximum Gasteiger partial charge on any atom is 0.231 e. The summed E-state index contributed by atoms with van der Waals surface area (Å²) in [7, 11) is 0. The fourth-order valence-electron chi connectivity index (χ4n) is 1.73. The zero-order valence-corrected chi connectivity index (χ0v) is 9.99. The predicted octanol–water partition coefficient (Wildman–Crippen LogP) is 2.88. The first-order valence-electron chi connectivity index (χ1n) is 5.62. The van der Waals surface area contributed by atoms with E-state index in [1.165, 1.54) is 0 Å². The Kier molecular flexibility index (Phi) is 2.80. The molecule has 0 fully saturated rings. The lowest BCUT2D eigenvalue weighted by Crippen LogP contribution is -2.20. The molecule has 2 rings (SSSR count). The smallest absolute Gasteiger partial charge is 0.231 e. The fourth-order valence-corrected chi connectivity index (χ4v) is 1.73. The molecule has 1 unspecified atom stereocenters. The number of rotatable bonds is 3. The van der Waals surface area contributed by atoms with Gasteiger partial charge in [0.25, 0.3) is 0 Å². The van der Waals surface area contributed by atoms with Gasteiger partial charge in [0.15, 0.2) is 11.5 Å². The average molecular weight is 222 g/mol. The molecule has 16 heavy (non-hydrogen) atoms. The molecule has 0 saturated heterocycles. The molecule has 0 aliphatic carbocycles. The van der Waals surface area contributed by atoms with Gasteiger partial charge in [-0.1, -0.05) is 26.8 Å². The van der Waals surface area contributed by atoms with Crippen molar-refractivity contribution in [3.63, 3.8) is 0 Å². The highest BCUT2D eigenvalue weighted by atomic mass is 16.7. The van der Waals surface area contributed by atoms with Crippen LogP contribution >= 0.6 is 0 Å². The number of ether oxygens (including phenoxy) is 2. The highest BCUT2D eigenvalue weighted by molar-refractivity contribution is 5.45. The first kappa shape index (κ1) is 11.3. The lowest BCUT2D eigenvalue weighted by molar-refractivity contribution is 0.0464. The van der Waals surface area contributed by atoms with Gasteiger partial charge in [-0.2, -0.15) is 0 Å². The number of aliphatic hydroxyl groups is 1. The SMILES string of the molecule is CCC(C)(C)C(O)c1ccc2c(c1)OCO2. The van der Waals surface area contributed by atoms with E-state index in [1.807, 2.05) is 18.2 Å². The summed E-state index contributed by atoms with van der Waals surface area (Å²) in [5.74, 6) is 1.48. The summed E-state index contributed by atoms with van der Waals surface area (Å²) in [6.07, 6.45) is 0.440. The Hall–Kier alpha value is -1.22. The summed E-state index contributed by atoms with van der Waals surface area (Å²) >= 11 is 0. The molecule has 88 valence electrons. The molecule has 1 aromatic carbocycles. The van der Waals surface area contributed by atoms with Crippen LogP contribution in [0.4, 0.5) is 0 Å². The highest BCUT2D eigenvalue weighted by Crippen LogP contribution is 2.40. The highest BCUT2D eigenvalue weighted by Gasteiger charge is 2.28. The van der Waals surface area contributed by atoms with E-state index in [1.54, 1.807) is 0 Å². The lowest BCUT2D eigenvalue weighted by Gasteiger charge is -2.29. The second-order valence-electron chi connectivity index (χ2n) is 4.86. The van der Waals surface area contributed by atoms with E-state index in [-0.39, 0.29) is 12.2 Å². The molecule has 0 bridgehead atoms. The van der Waals surface area contributed by atoms with Gasteiger partial charge in [0.05, 0.1) is 6.10 Å². The minimum Gasteiger partial charge on any atom is -0.454 e. The maximum absolute atomic E-state index is 10.3. The van der Waals surface area contributed by atoms with Crippen molar-refractivity contribution in [1.82, 2.24) is 0 Å². The third-order valence-corrected chi connectivity index (χ3v) is 3.36. The van der Waals surface area contributed by atoms with Crippen molar-refractivity contribution >= 4 is 0 Å². The van der Waals surface area contributed by atoms with Crippen molar-refractivity contribution in [2.75, 3.05) is 6.79 Å². The van der Waals surface area contributed by atoms with Gasteiger partial charge < -0.3 is 14.6 Å². The number of hydrogen-bond donors (Lipinski definition) is 1. The summed E-state index contributed by atoms with van der Waals surface area (Å²) < 4.78 is 10.5. The normalized spacial score (nSPS) is 16.2. The lowest BCUT2D eigenvalue weighted by atomic mass is 9.80. The summed E-state index contributed by atoms with van der Waals surface area (Å²) in [5, 5.41) is 10.3. The van der Waals surface area contributed by atoms with Gasteiger partial charge in [0.1, 0.15) is 0 Å². The van der Waals surface area contributed by atoms with Gasteiger partial charge in [0, 0.05) is 0 Å². The second kappa shape index (κ2) is 3.98. The van der Waals surface area contributed by atoms with Gasteiger partial charge in [-0.05, 0) is 29.5 Å². The van der Waals surface area contributed by atoms with E-state index in [4.69, 9.17) is 9.47 Å². The van der Waals surface area contributed by atoms with E-state index in [9.17, 15) is 5.11 Å². The molecule has 0 radical (unpaired) electrons. The van der Waals surface area contributed by atoms with Gasteiger partial charge in [0.2, 0.25) is 6.79 Å². The first-order chi connectivity index (χ1) is 7.54. The van der Waals surface area contributed by atoms with Gasteiger partial charge in [-0.15, -0.1) is 0 Å². The molecule has 1 N–H and O–H groups in total. The third kappa shape index (κ3) is 1.87. The molecule has 1 aromatic rings. The van der Waals surface area contributed by atoms with Crippen LogP contribution in [0.25, 0.3) is 0 Å². The van der Waals surface area contributed by atoms with Crippen molar-refractivity contribution in [2.24, 2.45) is 5.41 Å². The Morgan fingerprint density at radius 3 is 2.69 bits per heavy atom. The fraction of sp³-hybridized carbons (Fsp3) is 0.538. The van der Waals surface area contributed by atoms with Gasteiger partial charge in [-0.25, -0.2) is 0 Å². The van der Waals surface area contributed by atoms with E-state index in [0.717, 1.165) is 23.5 Å². The molecule has 3 nitrogen and oxygen atoms in total. The quantitative estimate of drug-likeness (QED) is 0.854. The standard InChI is InChI=1S/C13H18O3/c1-4-13(2,3)12(14)9-5-6-10-11(7-9)16-8-15-10/h5-7,12,14H,4,8H2,1-3H3. The van der Waals surface area contributed by atoms with Crippen LogP contribution in [-0.2, 0) is 0 Å². The summed E-state index contributed by atoms with van der Waals surface area (Å²) in [6.45, 7) is 6.47. The number of benzene rings is 1. The van der Waals surface area contributed by atoms with Crippen molar-refractivity contribution in [3.8, 4) is 11.5 Å².